The summed E-state index contributed by atoms with van der Waals surface area (Å²) in [5.41, 5.74) is 11.5. The molecule has 2 aliphatic rings. The molecule has 0 spiro atoms. The lowest BCUT2D eigenvalue weighted by Gasteiger charge is -2.28. The van der Waals surface area contributed by atoms with Crippen molar-refractivity contribution in [3.05, 3.63) is 47.9 Å². The van der Waals surface area contributed by atoms with Crippen molar-refractivity contribution < 1.29 is 19.2 Å². The Labute approximate surface area is 264 Å². The van der Waals surface area contributed by atoms with E-state index in [4.69, 9.17) is 11.5 Å². The van der Waals surface area contributed by atoms with Crippen LogP contribution in [0.15, 0.2) is 47.9 Å². The molecule has 4 amide bonds. The Balaban J connectivity index is 1.49. The molecule has 2 aliphatic heterocycles. The number of nitrogens with one attached hydrogen (secondary N) is 2. The van der Waals surface area contributed by atoms with E-state index in [1.807, 2.05) is 27.7 Å². The second-order valence-corrected chi connectivity index (χ2v) is 12.5. The first kappa shape index (κ1) is 36.9. The van der Waals surface area contributed by atoms with Crippen molar-refractivity contribution in [1.82, 2.24) is 20.4 Å². The van der Waals surface area contributed by atoms with E-state index in [-0.39, 0.29) is 35.7 Å². The Kier molecular flexibility index (Phi) is 16.7. The van der Waals surface area contributed by atoms with Crippen molar-refractivity contribution in [3.8, 4) is 0 Å². The molecule has 0 bridgehead atoms. The second-order valence-electron chi connectivity index (χ2n) is 12.5. The SMILES string of the molecule is CC(C)[C@H](NCCCCCCCCCCCCN[C@H](C(=O)N1C=CC(C(N)=O)=CC1)C(C)C)C(=O)N1C=CC(C(N)=O)=CC1. The van der Waals surface area contributed by atoms with Gasteiger partial charge < -0.3 is 31.9 Å². The van der Waals surface area contributed by atoms with Gasteiger partial charge in [-0.2, -0.15) is 0 Å². The quantitative estimate of drug-likeness (QED) is 0.145. The highest BCUT2D eigenvalue weighted by Gasteiger charge is 2.27. The fourth-order valence-corrected chi connectivity index (χ4v) is 5.44. The maximum Gasteiger partial charge on any atom is 0.248 e. The minimum atomic E-state index is -0.476. The van der Waals surface area contributed by atoms with Gasteiger partial charge in [-0.25, -0.2) is 0 Å². The third-order valence-corrected chi connectivity index (χ3v) is 8.22. The molecule has 2 heterocycles. The lowest BCUT2D eigenvalue weighted by atomic mass is 10.0. The van der Waals surface area contributed by atoms with E-state index in [2.05, 4.69) is 10.6 Å². The van der Waals surface area contributed by atoms with Crippen LogP contribution >= 0.6 is 0 Å². The molecular weight excluding hydrogens is 556 g/mol. The highest BCUT2D eigenvalue weighted by Crippen LogP contribution is 2.15. The molecule has 2 rings (SSSR count). The predicted octanol–water partition coefficient (Wildman–Crippen LogP) is 3.65. The first-order valence-electron chi connectivity index (χ1n) is 16.5. The summed E-state index contributed by atoms with van der Waals surface area (Å²) in [6.45, 7) is 10.5. The van der Waals surface area contributed by atoms with E-state index in [0.717, 1.165) is 38.8 Å². The maximum atomic E-state index is 13.0. The molecule has 246 valence electrons. The summed E-state index contributed by atoms with van der Waals surface area (Å²) >= 11 is 0. The van der Waals surface area contributed by atoms with E-state index in [9.17, 15) is 19.2 Å². The van der Waals surface area contributed by atoms with Gasteiger partial charge in [0.05, 0.1) is 12.1 Å². The average molecular weight is 613 g/mol. The molecule has 6 N–H and O–H groups in total. The van der Waals surface area contributed by atoms with Crippen LogP contribution in [0, 0.1) is 11.8 Å². The summed E-state index contributed by atoms with van der Waals surface area (Å²) in [5, 5.41) is 6.89. The van der Waals surface area contributed by atoms with Crippen molar-refractivity contribution in [3.63, 3.8) is 0 Å². The lowest BCUT2D eigenvalue weighted by molar-refractivity contribution is -0.132. The molecule has 10 nitrogen and oxygen atoms in total. The summed E-state index contributed by atoms with van der Waals surface area (Å²) in [6, 6.07) is -0.505. The number of hydrogen-bond donors (Lipinski definition) is 4. The zero-order valence-electron chi connectivity index (χ0n) is 27.4. The molecule has 0 aromatic rings. The number of nitrogens with zero attached hydrogens (tertiary/aromatic N) is 2. The van der Waals surface area contributed by atoms with E-state index in [1.165, 1.54) is 38.5 Å². The topological polar surface area (TPSA) is 151 Å². The molecular formula is C34H56N6O4. The van der Waals surface area contributed by atoms with E-state index in [0.29, 0.717) is 24.2 Å². The third-order valence-electron chi connectivity index (χ3n) is 8.22. The average Bonchev–Trinajstić information content (AvgIpc) is 3.00. The molecule has 2 atom stereocenters. The summed E-state index contributed by atoms with van der Waals surface area (Å²) < 4.78 is 0. The molecule has 0 radical (unpaired) electrons. The normalized spacial score (nSPS) is 16.2. The summed E-state index contributed by atoms with van der Waals surface area (Å²) in [6.07, 6.45) is 21.7. The van der Waals surface area contributed by atoms with Gasteiger partial charge >= 0.3 is 0 Å². The number of nitrogens with two attached hydrogens (primary N) is 2. The Morgan fingerprint density at radius 1 is 0.614 bits per heavy atom. The number of carbonyl (C=O) groups is 4. The number of carbonyl (C=O) groups excluding carboxylic acids is 4. The molecule has 10 heteroatoms. The Bertz CT molecular complexity index is 994. The van der Waals surface area contributed by atoms with Crippen LogP contribution in [0.1, 0.15) is 91.9 Å². The van der Waals surface area contributed by atoms with Gasteiger partial charge in [0.2, 0.25) is 23.6 Å². The molecule has 0 aliphatic carbocycles. The number of unbranched alkanes of at least 4 members (excludes halogenated alkanes) is 9. The lowest BCUT2D eigenvalue weighted by Crippen LogP contribution is -2.48. The fourth-order valence-electron chi connectivity index (χ4n) is 5.44. The summed E-state index contributed by atoms with van der Waals surface area (Å²) in [4.78, 5) is 51.8. The molecule has 0 saturated heterocycles. The maximum absolute atomic E-state index is 13.0. The molecule has 0 aromatic carbocycles. The van der Waals surface area contributed by atoms with E-state index in [1.54, 1.807) is 46.5 Å². The largest absolute Gasteiger partial charge is 0.366 e. The van der Waals surface area contributed by atoms with Gasteiger partial charge in [0.25, 0.3) is 0 Å². The van der Waals surface area contributed by atoms with Crippen LogP contribution in [-0.2, 0) is 19.2 Å². The minimum Gasteiger partial charge on any atom is -0.366 e. The Morgan fingerprint density at radius 3 is 1.18 bits per heavy atom. The highest BCUT2D eigenvalue weighted by atomic mass is 16.2. The zero-order chi connectivity index (χ0) is 32.5. The van der Waals surface area contributed by atoms with Gasteiger partial charge in [-0.05, 0) is 49.9 Å². The standard InChI is InChI=1S/C34H56N6O4/c1-25(2)29(33(43)39-21-15-27(16-22-39)31(35)41)37-19-13-11-9-7-5-6-8-10-12-14-20-38-30(26(3)4)34(44)40-23-17-28(18-24-40)32(36)42/h15-18,21,23,25-26,29-30,37-38H,5-14,19-20,22,24H2,1-4H3,(H2,35,41)(H2,36,42)/t29-,30-/m0/s1. The van der Waals surface area contributed by atoms with Crippen molar-refractivity contribution in [2.75, 3.05) is 26.2 Å². The van der Waals surface area contributed by atoms with Crippen molar-refractivity contribution in [1.29, 1.82) is 0 Å². The minimum absolute atomic E-state index is 0.0222. The van der Waals surface area contributed by atoms with Crippen molar-refractivity contribution >= 4 is 23.6 Å². The first-order chi connectivity index (χ1) is 21.0. The van der Waals surface area contributed by atoms with Gasteiger partial charge in [0, 0.05) is 36.6 Å². The predicted molar refractivity (Wildman–Crippen MR) is 176 cm³/mol. The second kappa shape index (κ2) is 19.9. The van der Waals surface area contributed by atoms with Gasteiger partial charge in [-0.3, -0.25) is 19.2 Å². The van der Waals surface area contributed by atoms with Crippen LogP contribution in [0.2, 0.25) is 0 Å². The van der Waals surface area contributed by atoms with Crippen molar-refractivity contribution in [2.45, 2.75) is 104 Å². The first-order valence-corrected chi connectivity index (χ1v) is 16.5. The molecule has 0 unspecified atom stereocenters. The monoisotopic (exact) mass is 612 g/mol. The number of rotatable bonds is 21. The molecule has 44 heavy (non-hydrogen) atoms. The Morgan fingerprint density at radius 2 is 0.932 bits per heavy atom. The van der Waals surface area contributed by atoms with E-state index < -0.39 is 11.8 Å². The van der Waals surface area contributed by atoms with Gasteiger partial charge in [-0.1, -0.05) is 91.2 Å². The highest BCUT2D eigenvalue weighted by molar-refractivity contribution is 5.96. The number of hydrogen-bond acceptors (Lipinski definition) is 6. The van der Waals surface area contributed by atoms with E-state index >= 15 is 0 Å². The van der Waals surface area contributed by atoms with Crippen molar-refractivity contribution in [2.24, 2.45) is 23.3 Å². The number of amides is 4. The van der Waals surface area contributed by atoms with Gasteiger partial charge in [-0.15, -0.1) is 0 Å². The van der Waals surface area contributed by atoms with Crippen LogP contribution < -0.4 is 22.1 Å². The van der Waals surface area contributed by atoms with Crippen LogP contribution in [0.5, 0.6) is 0 Å². The van der Waals surface area contributed by atoms with Crippen LogP contribution in [0.3, 0.4) is 0 Å². The summed E-state index contributed by atoms with van der Waals surface area (Å²) in [7, 11) is 0. The third kappa shape index (κ3) is 12.8. The molecule has 0 saturated carbocycles. The fraction of sp³-hybridized carbons (Fsp3) is 0.647. The smallest absolute Gasteiger partial charge is 0.248 e. The van der Waals surface area contributed by atoms with Gasteiger partial charge in [0.1, 0.15) is 0 Å². The zero-order valence-corrected chi connectivity index (χ0v) is 27.4. The molecule has 0 aromatic heterocycles. The van der Waals surface area contributed by atoms with Crippen LogP contribution in [0.25, 0.3) is 0 Å². The molecule has 0 fully saturated rings. The Hall–Kier alpha value is -3.24. The van der Waals surface area contributed by atoms with Gasteiger partial charge in [0.15, 0.2) is 0 Å². The number of primary amides is 2. The van der Waals surface area contributed by atoms with Crippen LogP contribution in [0.4, 0.5) is 0 Å². The summed E-state index contributed by atoms with van der Waals surface area (Å²) in [5.74, 6) is -0.573. The van der Waals surface area contributed by atoms with Crippen LogP contribution in [-0.4, -0.2) is 71.7 Å².